The van der Waals surface area contributed by atoms with Crippen LogP contribution in [0.1, 0.15) is 10.4 Å². The first-order valence-electron chi connectivity index (χ1n) is 11.7. The van der Waals surface area contributed by atoms with Gasteiger partial charge in [0.1, 0.15) is 29.3 Å². The molecule has 1 aliphatic heterocycles. The lowest BCUT2D eigenvalue weighted by Gasteiger charge is -2.36. The van der Waals surface area contributed by atoms with Crippen molar-refractivity contribution in [1.82, 2.24) is 19.5 Å². The van der Waals surface area contributed by atoms with Crippen molar-refractivity contribution in [2.45, 2.75) is 0 Å². The van der Waals surface area contributed by atoms with Gasteiger partial charge < -0.3 is 24.8 Å². The first kappa shape index (κ1) is 23.8. The van der Waals surface area contributed by atoms with Crippen molar-refractivity contribution in [1.29, 1.82) is 0 Å². The summed E-state index contributed by atoms with van der Waals surface area (Å²) in [7, 11) is 1.43. The minimum Gasteiger partial charge on any atom is -0.495 e. The van der Waals surface area contributed by atoms with E-state index in [-0.39, 0.29) is 17.1 Å². The third-order valence-electron chi connectivity index (χ3n) is 6.17. The van der Waals surface area contributed by atoms with E-state index in [1.165, 1.54) is 19.1 Å². The number of methoxy groups -OCH3 is 1. The molecule has 5 rings (SSSR count). The van der Waals surface area contributed by atoms with E-state index in [1.807, 2.05) is 18.2 Å². The molecule has 0 saturated carbocycles. The van der Waals surface area contributed by atoms with E-state index in [4.69, 9.17) is 4.74 Å². The summed E-state index contributed by atoms with van der Waals surface area (Å²) in [5, 5.41) is 2.65. The number of amides is 1. The molecule has 0 bridgehead atoms. The minimum atomic E-state index is -0.780. The molecule has 2 N–H and O–H groups in total. The van der Waals surface area contributed by atoms with E-state index in [0.29, 0.717) is 11.6 Å². The molecular formula is C26H25N7O4. The molecule has 11 heteroatoms. The smallest absolute Gasteiger partial charge is 0.333 e. The number of anilines is 3. The van der Waals surface area contributed by atoms with E-state index in [9.17, 15) is 14.4 Å². The number of aromatic amines is 1. The Hall–Kier alpha value is -4.93. The normalized spacial score (nSPS) is 13.3. The number of piperazine rings is 1. The van der Waals surface area contributed by atoms with Crippen LogP contribution in [0.5, 0.6) is 5.75 Å². The highest BCUT2D eigenvalue weighted by Crippen LogP contribution is 2.21. The second-order valence-electron chi connectivity index (χ2n) is 8.35. The van der Waals surface area contributed by atoms with Crippen LogP contribution in [0.3, 0.4) is 0 Å². The van der Waals surface area contributed by atoms with E-state index < -0.39 is 17.2 Å². The number of carbonyl (C=O) groups excluding carboxylic acids is 1. The molecular weight excluding hydrogens is 474 g/mol. The Morgan fingerprint density at radius 2 is 1.65 bits per heavy atom. The average molecular weight is 500 g/mol. The van der Waals surface area contributed by atoms with Crippen molar-refractivity contribution in [3.8, 4) is 11.4 Å². The van der Waals surface area contributed by atoms with Gasteiger partial charge in [-0.3, -0.25) is 9.59 Å². The second-order valence-corrected chi connectivity index (χ2v) is 8.35. The Labute approximate surface area is 212 Å². The summed E-state index contributed by atoms with van der Waals surface area (Å²) in [6.45, 7) is 3.16. The zero-order chi connectivity index (χ0) is 25.8. The summed E-state index contributed by atoms with van der Waals surface area (Å²) in [4.78, 5) is 54.0. The summed E-state index contributed by atoms with van der Waals surface area (Å²) < 4.78 is 6.14. The number of nitrogens with one attached hydrogen (secondary N) is 2. The van der Waals surface area contributed by atoms with Crippen LogP contribution >= 0.6 is 0 Å². The number of aromatic nitrogens is 4. The zero-order valence-electron chi connectivity index (χ0n) is 20.1. The first-order chi connectivity index (χ1) is 18.0. The van der Waals surface area contributed by atoms with Gasteiger partial charge in [-0.05, 0) is 24.3 Å². The summed E-state index contributed by atoms with van der Waals surface area (Å²) in [6.07, 6.45) is 2.46. The summed E-state index contributed by atoms with van der Waals surface area (Å²) in [5.74, 6) is 0.532. The van der Waals surface area contributed by atoms with Crippen LogP contribution in [0.15, 0.2) is 82.8 Å². The standard InChI is InChI=1S/C26H25N7O4/c1-37-21-10-6-5-9-20(21)33-25(35)19(16-27-26(33)36)24(34)30-22-15-23(29-17-28-22)32-13-11-31(12-14-32)18-7-3-2-4-8-18/h2-10,15-17H,11-14H2,1H3,(H,27,36)(H,28,29,30,34). The van der Waals surface area contributed by atoms with Crippen LogP contribution in [-0.2, 0) is 0 Å². The highest BCUT2D eigenvalue weighted by molar-refractivity contribution is 6.03. The van der Waals surface area contributed by atoms with Crippen LogP contribution in [0.25, 0.3) is 5.69 Å². The van der Waals surface area contributed by atoms with Gasteiger partial charge in [0.25, 0.3) is 11.5 Å². The first-order valence-corrected chi connectivity index (χ1v) is 11.7. The second kappa shape index (κ2) is 10.4. The molecule has 0 aliphatic carbocycles. The topological polar surface area (TPSA) is 125 Å². The lowest BCUT2D eigenvalue weighted by Crippen LogP contribution is -2.46. The van der Waals surface area contributed by atoms with E-state index in [1.54, 1.807) is 30.3 Å². The highest BCUT2D eigenvalue weighted by Gasteiger charge is 2.21. The van der Waals surface area contributed by atoms with Crippen molar-refractivity contribution >= 4 is 23.2 Å². The maximum Gasteiger partial charge on any atom is 0.333 e. The molecule has 0 spiro atoms. The molecule has 0 unspecified atom stereocenters. The number of nitrogens with zero attached hydrogens (tertiary/aromatic N) is 5. The fourth-order valence-corrected chi connectivity index (χ4v) is 4.27. The van der Waals surface area contributed by atoms with Crippen LogP contribution in [0.2, 0.25) is 0 Å². The lowest BCUT2D eigenvalue weighted by atomic mass is 10.2. The Morgan fingerprint density at radius 1 is 0.946 bits per heavy atom. The Kier molecular flexibility index (Phi) is 6.66. The minimum absolute atomic E-state index is 0.227. The fourth-order valence-electron chi connectivity index (χ4n) is 4.27. The molecule has 3 heterocycles. The van der Waals surface area contributed by atoms with Gasteiger partial charge in [-0.2, -0.15) is 0 Å². The Balaban J connectivity index is 1.33. The lowest BCUT2D eigenvalue weighted by molar-refractivity contribution is 0.102. The molecule has 0 atom stereocenters. The van der Waals surface area contributed by atoms with Gasteiger partial charge in [-0.25, -0.2) is 19.3 Å². The van der Waals surface area contributed by atoms with Crippen LogP contribution in [0, 0.1) is 0 Å². The molecule has 37 heavy (non-hydrogen) atoms. The molecule has 2 aromatic carbocycles. The predicted octanol–water partition coefficient (Wildman–Crippen LogP) is 1.90. The number of para-hydroxylation sites is 3. The summed E-state index contributed by atoms with van der Waals surface area (Å²) in [5.41, 5.74) is -0.313. The number of H-pyrrole nitrogens is 1. The van der Waals surface area contributed by atoms with Crippen molar-refractivity contribution in [2.75, 3.05) is 48.4 Å². The van der Waals surface area contributed by atoms with E-state index in [0.717, 1.165) is 36.9 Å². The molecule has 11 nitrogen and oxygen atoms in total. The van der Waals surface area contributed by atoms with Crippen LogP contribution in [0.4, 0.5) is 17.3 Å². The molecule has 0 radical (unpaired) electrons. The molecule has 1 amide bonds. The van der Waals surface area contributed by atoms with Crippen LogP contribution < -0.4 is 31.1 Å². The molecule has 1 aliphatic rings. The van der Waals surface area contributed by atoms with E-state index in [2.05, 4.69) is 42.2 Å². The van der Waals surface area contributed by atoms with Crippen molar-refractivity contribution in [2.24, 2.45) is 0 Å². The molecule has 1 saturated heterocycles. The quantitative estimate of drug-likeness (QED) is 0.412. The number of benzene rings is 2. The molecule has 2 aromatic heterocycles. The van der Waals surface area contributed by atoms with Crippen molar-refractivity contribution < 1.29 is 9.53 Å². The van der Waals surface area contributed by atoms with Gasteiger partial charge in [-0.15, -0.1) is 0 Å². The monoisotopic (exact) mass is 499 g/mol. The zero-order valence-corrected chi connectivity index (χ0v) is 20.1. The van der Waals surface area contributed by atoms with Crippen molar-refractivity contribution in [3.63, 3.8) is 0 Å². The van der Waals surface area contributed by atoms with Gasteiger partial charge in [0.2, 0.25) is 0 Å². The van der Waals surface area contributed by atoms with Crippen LogP contribution in [-0.4, -0.2) is 58.7 Å². The number of ether oxygens (including phenoxy) is 1. The third-order valence-corrected chi connectivity index (χ3v) is 6.17. The third kappa shape index (κ3) is 4.92. The maximum absolute atomic E-state index is 13.1. The van der Waals surface area contributed by atoms with Gasteiger partial charge in [0.15, 0.2) is 0 Å². The SMILES string of the molecule is COc1ccccc1-n1c(=O)[nH]cc(C(=O)Nc2cc(N3CCN(c4ccccc4)CC3)ncn2)c1=O. The number of hydrogen-bond acceptors (Lipinski definition) is 8. The Morgan fingerprint density at radius 3 is 2.41 bits per heavy atom. The van der Waals surface area contributed by atoms with Gasteiger partial charge in [0, 0.05) is 44.1 Å². The summed E-state index contributed by atoms with van der Waals surface area (Å²) >= 11 is 0. The predicted molar refractivity (Wildman–Crippen MR) is 140 cm³/mol. The molecule has 188 valence electrons. The number of hydrogen-bond donors (Lipinski definition) is 2. The van der Waals surface area contributed by atoms with Crippen molar-refractivity contribution in [3.05, 3.63) is 99.6 Å². The number of rotatable bonds is 6. The summed E-state index contributed by atoms with van der Waals surface area (Å²) in [6, 6.07) is 18.5. The van der Waals surface area contributed by atoms with Gasteiger partial charge in [-0.1, -0.05) is 30.3 Å². The number of carbonyl (C=O) groups is 1. The fraction of sp³-hybridized carbons (Fsp3) is 0.192. The van der Waals surface area contributed by atoms with Gasteiger partial charge in [0.05, 0.1) is 12.8 Å². The Bertz CT molecular complexity index is 1530. The largest absolute Gasteiger partial charge is 0.495 e. The molecule has 4 aromatic rings. The molecule has 1 fully saturated rings. The van der Waals surface area contributed by atoms with Gasteiger partial charge >= 0.3 is 5.69 Å². The highest BCUT2D eigenvalue weighted by atomic mass is 16.5. The van der Waals surface area contributed by atoms with E-state index >= 15 is 0 Å². The average Bonchev–Trinajstić information content (AvgIpc) is 2.94. The maximum atomic E-state index is 13.1.